The molecule has 0 radical (unpaired) electrons. The Morgan fingerprint density at radius 2 is 1.94 bits per heavy atom. The molecular formula is C21H22FN5O5S. The Morgan fingerprint density at radius 3 is 2.67 bits per heavy atom. The maximum Gasteiger partial charge on any atom is 0.278 e. The summed E-state index contributed by atoms with van der Waals surface area (Å²) >= 11 is 0. The van der Waals surface area contributed by atoms with E-state index in [9.17, 15) is 17.6 Å². The molecule has 1 aliphatic heterocycles. The molecule has 1 N–H and O–H groups in total. The van der Waals surface area contributed by atoms with E-state index in [1.165, 1.54) is 10.7 Å². The number of nitrogens with one attached hydrogen (secondary N) is 1. The molecular weight excluding hydrogens is 453 g/mol. The smallest absolute Gasteiger partial charge is 0.278 e. The van der Waals surface area contributed by atoms with Gasteiger partial charge < -0.3 is 14.8 Å². The highest BCUT2D eigenvalue weighted by molar-refractivity contribution is 7.89. The van der Waals surface area contributed by atoms with Gasteiger partial charge in [-0.15, -0.1) is 5.10 Å². The summed E-state index contributed by atoms with van der Waals surface area (Å²) in [5.41, 5.74) is 1.27. The third-order valence-electron chi connectivity index (χ3n) is 5.18. The van der Waals surface area contributed by atoms with Gasteiger partial charge in [-0.25, -0.2) is 17.5 Å². The molecule has 1 amide bonds. The highest BCUT2D eigenvalue weighted by atomic mass is 32.2. The highest BCUT2D eigenvalue weighted by Crippen LogP contribution is 2.25. The van der Waals surface area contributed by atoms with Gasteiger partial charge in [0.05, 0.1) is 31.7 Å². The first-order chi connectivity index (χ1) is 15.8. The number of hydrogen-bond acceptors (Lipinski definition) is 7. The van der Waals surface area contributed by atoms with Crippen molar-refractivity contribution in [2.24, 2.45) is 0 Å². The number of rotatable bonds is 6. The summed E-state index contributed by atoms with van der Waals surface area (Å²) in [6, 6.07) is 10.5. The van der Waals surface area contributed by atoms with E-state index in [1.807, 2.05) is 0 Å². The molecule has 1 aromatic heterocycles. The molecule has 174 valence electrons. The molecule has 12 heteroatoms. The Labute approximate surface area is 190 Å². The largest absolute Gasteiger partial charge is 0.497 e. The van der Waals surface area contributed by atoms with Gasteiger partial charge in [-0.3, -0.25) is 4.79 Å². The van der Waals surface area contributed by atoms with E-state index in [2.05, 4.69) is 15.6 Å². The number of benzene rings is 2. The molecule has 3 aromatic rings. The zero-order valence-corrected chi connectivity index (χ0v) is 18.8. The SMILES string of the molecule is COc1cccc(-n2nnc(C(=O)Nc3ccc(F)c(S(=O)(=O)N4CCOCC4)c3)c2C)c1. The van der Waals surface area contributed by atoms with E-state index in [0.29, 0.717) is 17.1 Å². The first-order valence-corrected chi connectivity index (χ1v) is 11.5. The first kappa shape index (κ1) is 22.8. The molecule has 0 bridgehead atoms. The predicted molar refractivity (Wildman–Crippen MR) is 117 cm³/mol. The number of sulfonamides is 1. The van der Waals surface area contributed by atoms with E-state index in [4.69, 9.17) is 9.47 Å². The summed E-state index contributed by atoms with van der Waals surface area (Å²) in [6.07, 6.45) is 0. The fourth-order valence-electron chi connectivity index (χ4n) is 3.42. The van der Waals surface area contributed by atoms with E-state index >= 15 is 0 Å². The Kier molecular flexibility index (Phi) is 6.40. The molecule has 0 spiro atoms. The Bertz CT molecular complexity index is 1290. The number of nitrogens with zero attached hydrogens (tertiary/aromatic N) is 4. The van der Waals surface area contributed by atoms with Crippen LogP contribution in [0.15, 0.2) is 47.4 Å². The third-order valence-corrected chi connectivity index (χ3v) is 7.10. The van der Waals surface area contributed by atoms with Crippen LogP contribution < -0.4 is 10.1 Å². The van der Waals surface area contributed by atoms with E-state index in [-0.39, 0.29) is 37.7 Å². The number of amides is 1. The second-order valence-electron chi connectivity index (χ2n) is 7.25. The molecule has 2 heterocycles. The van der Waals surface area contributed by atoms with E-state index in [0.717, 1.165) is 16.4 Å². The van der Waals surface area contributed by atoms with Crippen LogP contribution >= 0.6 is 0 Å². The third kappa shape index (κ3) is 4.58. The number of hydrogen-bond donors (Lipinski definition) is 1. The van der Waals surface area contributed by atoms with Crippen molar-refractivity contribution in [3.8, 4) is 11.4 Å². The first-order valence-electron chi connectivity index (χ1n) is 10.1. The Hall–Kier alpha value is -3.35. The highest BCUT2D eigenvalue weighted by Gasteiger charge is 2.29. The minimum atomic E-state index is -4.08. The number of carbonyl (C=O) groups is 1. The van der Waals surface area contributed by atoms with Gasteiger partial charge in [0.15, 0.2) is 5.69 Å². The van der Waals surface area contributed by atoms with Crippen molar-refractivity contribution in [2.45, 2.75) is 11.8 Å². The normalized spacial score (nSPS) is 14.8. The van der Waals surface area contributed by atoms with Crippen LogP contribution in [0.4, 0.5) is 10.1 Å². The average Bonchev–Trinajstić information content (AvgIpc) is 3.22. The number of ether oxygens (including phenoxy) is 2. The Morgan fingerprint density at radius 1 is 1.18 bits per heavy atom. The Balaban J connectivity index is 1.58. The fraction of sp³-hybridized carbons (Fsp3) is 0.286. The summed E-state index contributed by atoms with van der Waals surface area (Å²) in [5.74, 6) is -0.892. The van der Waals surface area contributed by atoms with Gasteiger partial charge in [0.25, 0.3) is 5.91 Å². The molecule has 0 unspecified atom stereocenters. The number of carbonyl (C=O) groups excluding carboxylic acids is 1. The van der Waals surface area contributed by atoms with Crippen LogP contribution in [0, 0.1) is 12.7 Å². The quantitative estimate of drug-likeness (QED) is 0.580. The van der Waals surface area contributed by atoms with Crippen molar-refractivity contribution in [3.63, 3.8) is 0 Å². The fourth-order valence-corrected chi connectivity index (χ4v) is 4.92. The van der Waals surface area contributed by atoms with Gasteiger partial charge in [-0.2, -0.15) is 4.31 Å². The van der Waals surface area contributed by atoms with Crippen molar-refractivity contribution in [3.05, 3.63) is 59.7 Å². The summed E-state index contributed by atoms with van der Waals surface area (Å²) in [4.78, 5) is 12.3. The van der Waals surface area contributed by atoms with Crippen LogP contribution in [-0.4, -0.2) is 67.0 Å². The lowest BCUT2D eigenvalue weighted by molar-refractivity contribution is 0.0729. The monoisotopic (exact) mass is 475 g/mol. The van der Waals surface area contributed by atoms with Crippen molar-refractivity contribution < 1.29 is 27.1 Å². The second-order valence-corrected chi connectivity index (χ2v) is 9.16. The topological polar surface area (TPSA) is 116 Å². The van der Waals surface area contributed by atoms with E-state index < -0.39 is 26.6 Å². The summed E-state index contributed by atoms with van der Waals surface area (Å²) in [7, 11) is -2.54. The standard InChI is InChI=1S/C21H22FN5O5S/c1-14-20(24-25-27(14)16-4-3-5-17(13-16)31-2)21(28)23-15-6-7-18(22)19(12-15)33(29,30)26-8-10-32-11-9-26/h3-7,12-13H,8-11H2,1-2H3,(H,23,28). The number of methoxy groups -OCH3 is 1. The van der Waals surface area contributed by atoms with Crippen molar-refractivity contribution in [2.75, 3.05) is 38.7 Å². The number of halogens is 1. The average molecular weight is 476 g/mol. The maximum atomic E-state index is 14.4. The molecule has 1 aliphatic rings. The maximum absolute atomic E-state index is 14.4. The number of anilines is 1. The lowest BCUT2D eigenvalue weighted by atomic mass is 10.2. The van der Waals surface area contributed by atoms with Gasteiger partial charge in [-0.05, 0) is 37.3 Å². The summed E-state index contributed by atoms with van der Waals surface area (Å²) in [6.45, 7) is 2.40. The van der Waals surface area contributed by atoms with Crippen LogP contribution in [-0.2, 0) is 14.8 Å². The molecule has 1 fully saturated rings. The molecule has 10 nitrogen and oxygen atoms in total. The number of aromatic nitrogens is 3. The van der Waals surface area contributed by atoms with Crippen LogP contribution in [0.2, 0.25) is 0 Å². The molecule has 4 rings (SSSR count). The minimum Gasteiger partial charge on any atom is -0.497 e. The molecule has 0 atom stereocenters. The molecule has 0 saturated carbocycles. The predicted octanol–water partition coefficient (Wildman–Crippen LogP) is 2.00. The molecule has 33 heavy (non-hydrogen) atoms. The summed E-state index contributed by atoms with van der Waals surface area (Å²) < 4.78 is 53.2. The second kappa shape index (κ2) is 9.25. The zero-order valence-electron chi connectivity index (χ0n) is 18.0. The van der Waals surface area contributed by atoms with Gasteiger partial charge in [-0.1, -0.05) is 11.3 Å². The van der Waals surface area contributed by atoms with Crippen LogP contribution in [0.3, 0.4) is 0 Å². The minimum absolute atomic E-state index is 0.0414. The van der Waals surface area contributed by atoms with Crippen LogP contribution in [0.1, 0.15) is 16.2 Å². The van der Waals surface area contributed by atoms with Crippen molar-refractivity contribution in [1.29, 1.82) is 0 Å². The summed E-state index contributed by atoms with van der Waals surface area (Å²) in [5, 5.41) is 10.6. The van der Waals surface area contributed by atoms with Crippen molar-refractivity contribution in [1.82, 2.24) is 19.3 Å². The lowest BCUT2D eigenvalue weighted by Crippen LogP contribution is -2.40. The van der Waals surface area contributed by atoms with Gasteiger partial charge in [0.1, 0.15) is 16.5 Å². The van der Waals surface area contributed by atoms with E-state index in [1.54, 1.807) is 38.3 Å². The van der Waals surface area contributed by atoms with Crippen molar-refractivity contribution >= 4 is 21.6 Å². The molecule has 1 saturated heterocycles. The van der Waals surface area contributed by atoms with Gasteiger partial charge in [0.2, 0.25) is 10.0 Å². The molecule has 2 aromatic carbocycles. The van der Waals surface area contributed by atoms with Crippen LogP contribution in [0.25, 0.3) is 5.69 Å². The van der Waals surface area contributed by atoms with Crippen LogP contribution in [0.5, 0.6) is 5.75 Å². The van der Waals surface area contributed by atoms with Gasteiger partial charge >= 0.3 is 0 Å². The number of morpholine rings is 1. The molecule has 0 aliphatic carbocycles. The zero-order chi connectivity index (χ0) is 23.6. The lowest BCUT2D eigenvalue weighted by Gasteiger charge is -2.26. The van der Waals surface area contributed by atoms with Gasteiger partial charge in [0, 0.05) is 24.8 Å².